The molecule has 0 saturated heterocycles. The van der Waals surface area contributed by atoms with Gasteiger partial charge in [-0.15, -0.1) is 11.3 Å². The van der Waals surface area contributed by atoms with Gasteiger partial charge in [0.2, 0.25) is 0 Å². The Bertz CT molecular complexity index is 359. The number of hydrogen-bond acceptors (Lipinski definition) is 4. The fraction of sp³-hybridized carbons (Fsp3) is 0.583. The minimum atomic E-state index is -0.922. The topological polar surface area (TPSA) is 55.8 Å². The lowest BCUT2D eigenvalue weighted by Gasteiger charge is -2.05. The van der Waals surface area contributed by atoms with Crippen molar-refractivity contribution in [3.05, 3.63) is 15.8 Å². The third-order valence-electron chi connectivity index (χ3n) is 2.19. The molecule has 1 aromatic heterocycles. The fourth-order valence-corrected chi connectivity index (χ4v) is 2.22. The van der Waals surface area contributed by atoms with Gasteiger partial charge >= 0.3 is 5.97 Å². The van der Waals surface area contributed by atoms with Crippen LogP contribution in [0.1, 0.15) is 34.8 Å². The standard InChI is InChI=1S/C12H18O4S/c1-3-9-8-10(11(17-9)12(13)14)16-7-5-6-15-4-2/h8H,3-7H2,1-2H3,(H,13,14). The zero-order chi connectivity index (χ0) is 12.7. The van der Waals surface area contributed by atoms with Crippen LogP contribution in [0.5, 0.6) is 5.75 Å². The highest BCUT2D eigenvalue weighted by molar-refractivity contribution is 7.14. The molecule has 1 aromatic rings. The van der Waals surface area contributed by atoms with E-state index in [1.807, 2.05) is 19.9 Å². The maximum Gasteiger partial charge on any atom is 0.349 e. The molecule has 0 radical (unpaired) electrons. The van der Waals surface area contributed by atoms with E-state index in [-0.39, 0.29) is 0 Å². The summed E-state index contributed by atoms with van der Waals surface area (Å²) in [4.78, 5) is 12.3. The van der Waals surface area contributed by atoms with Crippen molar-refractivity contribution in [2.24, 2.45) is 0 Å². The first kappa shape index (κ1) is 14.0. The van der Waals surface area contributed by atoms with Crippen molar-refractivity contribution in [1.29, 1.82) is 0 Å². The van der Waals surface area contributed by atoms with E-state index in [9.17, 15) is 4.79 Å². The second-order valence-corrected chi connectivity index (χ2v) is 4.60. The largest absolute Gasteiger partial charge is 0.492 e. The molecule has 0 atom stereocenters. The molecule has 17 heavy (non-hydrogen) atoms. The first-order chi connectivity index (χ1) is 8.19. The van der Waals surface area contributed by atoms with Crippen LogP contribution in [-0.2, 0) is 11.2 Å². The van der Waals surface area contributed by atoms with Crippen LogP contribution in [0.4, 0.5) is 0 Å². The summed E-state index contributed by atoms with van der Waals surface area (Å²) < 4.78 is 10.7. The summed E-state index contributed by atoms with van der Waals surface area (Å²) in [5.41, 5.74) is 0. The van der Waals surface area contributed by atoms with E-state index in [0.717, 1.165) is 17.7 Å². The van der Waals surface area contributed by atoms with Gasteiger partial charge in [-0.1, -0.05) is 6.92 Å². The van der Waals surface area contributed by atoms with Crippen LogP contribution in [0.15, 0.2) is 6.07 Å². The zero-order valence-corrected chi connectivity index (χ0v) is 11.0. The number of hydrogen-bond donors (Lipinski definition) is 1. The van der Waals surface area contributed by atoms with E-state index in [0.29, 0.717) is 30.4 Å². The SMILES string of the molecule is CCOCCCOc1cc(CC)sc1C(=O)O. The Labute approximate surface area is 105 Å². The van der Waals surface area contributed by atoms with Crippen LogP contribution >= 0.6 is 11.3 Å². The number of aryl methyl sites for hydroxylation is 1. The van der Waals surface area contributed by atoms with Gasteiger partial charge in [-0.05, 0) is 19.4 Å². The Hall–Kier alpha value is -1.07. The van der Waals surface area contributed by atoms with E-state index < -0.39 is 5.97 Å². The van der Waals surface area contributed by atoms with E-state index >= 15 is 0 Å². The summed E-state index contributed by atoms with van der Waals surface area (Å²) in [6.07, 6.45) is 1.59. The molecule has 0 bridgehead atoms. The summed E-state index contributed by atoms with van der Waals surface area (Å²) in [5, 5.41) is 9.02. The summed E-state index contributed by atoms with van der Waals surface area (Å²) in [6, 6.07) is 1.81. The molecule has 0 saturated carbocycles. The lowest BCUT2D eigenvalue weighted by molar-refractivity contribution is 0.0697. The molecule has 0 aliphatic heterocycles. The van der Waals surface area contributed by atoms with Crippen molar-refractivity contribution in [1.82, 2.24) is 0 Å². The Morgan fingerprint density at radius 2 is 2.18 bits per heavy atom. The molecular formula is C12H18O4S. The molecule has 1 rings (SSSR count). The van der Waals surface area contributed by atoms with E-state index in [1.165, 1.54) is 11.3 Å². The highest BCUT2D eigenvalue weighted by Gasteiger charge is 2.15. The predicted molar refractivity (Wildman–Crippen MR) is 67.3 cm³/mol. The van der Waals surface area contributed by atoms with Crippen LogP contribution in [0, 0.1) is 0 Å². The highest BCUT2D eigenvalue weighted by atomic mass is 32.1. The lowest BCUT2D eigenvalue weighted by atomic mass is 10.3. The third-order valence-corrected chi connectivity index (χ3v) is 3.44. The van der Waals surface area contributed by atoms with Gasteiger partial charge in [0.1, 0.15) is 5.75 Å². The van der Waals surface area contributed by atoms with Gasteiger partial charge in [-0.25, -0.2) is 4.79 Å². The van der Waals surface area contributed by atoms with Gasteiger partial charge in [0.05, 0.1) is 6.61 Å². The van der Waals surface area contributed by atoms with Gasteiger partial charge in [0.15, 0.2) is 4.88 Å². The predicted octanol–water partition coefficient (Wildman–Crippen LogP) is 2.81. The molecule has 1 N–H and O–H groups in total. The minimum Gasteiger partial charge on any atom is -0.492 e. The lowest BCUT2D eigenvalue weighted by Crippen LogP contribution is -2.04. The maximum absolute atomic E-state index is 11.0. The third kappa shape index (κ3) is 4.36. The van der Waals surface area contributed by atoms with Crippen molar-refractivity contribution in [2.45, 2.75) is 26.7 Å². The minimum absolute atomic E-state index is 0.290. The number of carboxylic acids is 1. The van der Waals surface area contributed by atoms with E-state index in [4.69, 9.17) is 14.6 Å². The second-order valence-electron chi connectivity index (χ2n) is 3.46. The quantitative estimate of drug-likeness (QED) is 0.728. The van der Waals surface area contributed by atoms with Gasteiger partial charge in [0.25, 0.3) is 0 Å². The normalized spacial score (nSPS) is 10.5. The molecule has 96 valence electrons. The van der Waals surface area contributed by atoms with Crippen molar-refractivity contribution in [2.75, 3.05) is 19.8 Å². The molecule has 5 heteroatoms. The van der Waals surface area contributed by atoms with Crippen LogP contribution < -0.4 is 4.74 Å². The summed E-state index contributed by atoms with van der Waals surface area (Å²) >= 11 is 1.28. The molecule has 1 heterocycles. The fourth-order valence-electron chi connectivity index (χ4n) is 1.34. The van der Waals surface area contributed by atoms with Gasteiger partial charge < -0.3 is 14.6 Å². The Morgan fingerprint density at radius 3 is 2.76 bits per heavy atom. The molecule has 0 unspecified atom stereocenters. The highest BCUT2D eigenvalue weighted by Crippen LogP contribution is 2.29. The van der Waals surface area contributed by atoms with E-state index in [2.05, 4.69) is 0 Å². The molecule has 0 aliphatic rings. The Kier molecular flexibility index (Phi) is 6.00. The summed E-state index contributed by atoms with van der Waals surface area (Å²) in [7, 11) is 0. The number of carboxylic acid groups (broad SMARTS) is 1. The van der Waals surface area contributed by atoms with Crippen LogP contribution in [-0.4, -0.2) is 30.9 Å². The monoisotopic (exact) mass is 258 g/mol. The van der Waals surface area contributed by atoms with Crippen LogP contribution in [0.25, 0.3) is 0 Å². The van der Waals surface area contributed by atoms with Gasteiger partial charge in [0, 0.05) is 24.5 Å². The van der Waals surface area contributed by atoms with Crippen LogP contribution in [0.2, 0.25) is 0 Å². The molecule has 0 aliphatic carbocycles. The maximum atomic E-state index is 11.0. The first-order valence-corrected chi connectivity index (χ1v) is 6.57. The first-order valence-electron chi connectivity index (χ1n) is 5.75. The number of aromatic carboxylic acids is 1. The van der Waals surface area contributed by atoms with Crippen LogP contribution in [0.3, 0.4) is 0 Å². The van der Waals surface area contributed by atoms with Gasteiger partial charge in [-0.2, -0.15) is 0 Å². The van der Waals surface area contributed by atoms with Crippen molar-refractivity contribution in [3.63, 3.8) is 0 Å². The Balaban J connectivity index is 2.51. The summed E-state index contributed by atoms with van der Waals surface area (Å²) in [5.74, 6) is -0.439. The van der Waals surface area contributed by atoms with Crippen molar-refractivity contribution in [3.8, 4) is 5.75 Å². The Morgan fingerprint density at radius 1 is 1.41 bits per heavy atom. The molecule has 0 spiro atoms. The molecule has 0 fully saturated rings. The summed E-state index contributed by atoms with van der Waals surface area (Å²) in [6.45, 7) is 5.76. The molecule has 0 amide bonds. The average molecular weight is 258 g/mol. The number of thiophene rings is 1. The molecule has 0 aromatic carbocycles. The van der Waals surface area contributed by atoms with Crippen molar-refractivity contribution < 1.29 is 19.4 Å². The number of rotatable bonds is 8. The van der Waals surface area contributed by atoms with Gasteiger partial charge in [-0.3, -0.25) is 0 Å². The number of ether oxygens (including phenoxy) is 2. The number of carbonyl (C=O) groups is 1. The smallest absolute Gasteiger partial charge is 0.349 e. The average Bonchev–Trinajstić information content (AvgIpc) is 2.72. The molecule has 4 nitrogen and oxygen atoms in total. The molecular weight excluding hydrogens is 240 g/mol. The zero-order valence-electron chi connectivity index (χ0n) is 10.2. The van der Waals surface area contributed by atoms with E-state index in [1.54, 1.807) is 0 Å². The van der Waals surface area contributed by atoms with Crippen molar-refractivity contribution >= 4 is 17.3 Å². The second kappa shape index (κ2) is 7.29.